The van der Waals surface area contributed by atoms with Gasteiger partial charge in [-0.05, 0) is 39.0 Å². The quantitative estimate of drug-likeness (QED) is 0.727. The highest BCUT2D eigenvalue weighted by Crippen LogP contribution is 2.21. The van der Waals surface area contributed by atoms with E-state index in [-0.39, 0.29) is 11.9 Å². The van der Waals surface area contributed by atoms with E-state index in [4.69, 9.17) is 0 Å². The number of nitrogens with zero attached hydrogens (tertiary/aromatic N) is 3. The van der Waals surface area contributed by atoms with Gasteiger partial charge in [0.25, 0.3) is 0 Å². The molecular weight excluding hydrogens is 305 g/mol. The lowest BCUT2D eigenvalue weighted by molar-refractivity contribution is 0.564. The summed E-state index contributed by atoms with van der Waals surface area (Å²) < 4.78 is 15.8. The molecule has 0 spiro atoms. The Morgan fingerprint density at radius 2 is 2.12 bits per heavy atom. The first-order valence-electron chi connectivity index (χ1n) is 8.15. The minimum atomic E-state index is -0.264. The van der Waals surface area contributed by atoms with E-state index in [1.165, 1.54) is 11.6 Å². The third-order valence-corrected chi connectivity index (χ3v) is 4.15. The normalized spacial score (nSPS) is 12.5. The van der Waals surface area contributed by atoms with E-state index in [2.05, 4.69) is 40.7 Å². The van der Waals surface area contributed by atoms with Crippen LogP contribution in [0.2, 0.25) is 0 Å². The smallest absolute Gasteiger partial charge is 0.132 e. The van der Waals surface area contributed by atoms with Crippen molar-refractivity contribution in [1.29, 1.82) is 0 Å². The van der Waals surface area contributed by atoms with Crippen molar-refractivity contribution in [2.75, 3.05) is 0 Å². The number of aromatic nitrogens is 4. The minimum absolute atomic E-state index is 0.172. The molecular formula is C18H22FN5. The number of H-pyrrole nitrogens is 1. The number of benzene rings is 1. The van der Waals surface area contributed by atoms with Crippen molar-refractivity contribution in [1.82, 2.24) is 25.3 Å². The molecule has 1 aromatic carbocycles. The van der Waals surface area contributed by atoms with Crippen molar-refractivity contribution in [2.45, 2.75) is 39.9 Å². The molecule has 3 rings (SSSR count). The van der Waals surface area contributed by atoms with Gasteiger partial charge in [0, 0.05) is 42.1 Å². The van der Waals surface area contributed by atoms with E-state index >= 15 is 0 Å². The van der Waals surface area contributed by atoms with E-state index in [1.54, 1.807) is 18.2 Å². The predicted octanol–water partition coefficient (Wildman–Crippen LogP) is 3.59. The van der Waals surface area contributed by atoms with Gasteiger partial charge < -0.3 is 5.32 Å². The van der Waals surface area contributed by atoms with Crippen LogP contribution >= 0.6 is 0 Å². The van der Waals surface area contributed by atoms with E-state index in [9.17, 15) is 4.39 Å². The van der Waals surface area contributed by atoms with Crippen molar-refractivity contribution in [3.63, 3.8) is 0 Å². The van der Waals surface area contributed by atoms with Crippen LogP contribution in [0, 0.1) is 12.7 Å². The maximum absolute atomic E-state index is 13.8. The number of hydrogen-bond donors (Lipinski definition) is 2. The first kappa shape index (κ1) is 16.4. The molecule has 0 aliphatic carbocycles. The molecule has 126 valence electrons. The molecule has 0 radical (unpaired) electrons. The van der Waals surface area contributed by atoms with Crippen LogP contribution in [0.25, 0.3) is 11.3 Å². The second kappa shape index (κ2) is 6.97. The van der Waals surface area contributed by atoms with Gasteiger partial charge in [0.15, 0.2) is 0 Å². The van der Waals surface area contributed by atoms with Gasteiger partial charge in [0.1, 0.15) is 5.82 Å². The third-order valence-electron chi connectivity index (χ3n) is 4.15. The highest BCUT2D eigenvalue weighted by Gasteiger charge is 2.13. The molecule has 6 heteroatoms. The van der Waals surface area contributed by atoms with E-state index in [0.717, 1.165) is 17.9 Å². The standard InChI is InChI=1S/C18H22FN5/c1-4-24-11-16(13(3)23-24)12(2)20-10-14-9-18(22-21-14)15-7-5-6-8-17(15)19/h5-9,11-12,20H,4,10H2,1-3H3,(H,21,22). The van der Waals surface area contributed by atoms with E-state index in [1.807, 2.05) is 17.7 Å². The minimum Gasteiger partial charge on any atom is -0.304 e. The SMILES string of the molecule is CCn1cc(C(C)NCc2cc(-c3ccccc3F)n[nH]2)c(C)n1. The van der Waals surface area contributed by atoms with Gasteiger partial charge in [-0.15, -0.1) is 0 Å². The Morgan fingerprint density at radius 3 is 2.83 bits per heavy atom. The lowest BCUT2D eigenvalue weighted by atomic mass is 10.1. The molecule has 1 unspecified atom stereocenters. The maximum Gasteiger partial charge on any atom is 0.132 e. The number of halogens is 1. The Hall–Kier alpha value is -2.47. The molecule has 0 aliphatic heterocycles. The average molecular weight is 327 g/mol. The zero-order valence-electron chi connectivity index (χ0n) is 14.2. The van der Waals surface area contributed by atoms with Crippen molar-refractivity contribution in [3.05, 3.63) is 59.3 Å². The molecule has 0 fully saturated rings. The van der Waals surface area contributed by atoms with E-state index < -0.39 is 0 Å². The fourth-order valence-corrected chi connectivity index (χ4v) is 2.75. The van der Waals surface area contributed by atoms with Gasteiger partial charge in [0.05, 0.1) is 11.4 Å². The molecule has 0 amide bonds. The summed E-state index contributed by atoms with van der Waals surface area (Å²) in [5.74, 6) is -0.264. The summed E-state index contributed by atoms with van der Waals surface area (Å²) >= 11 is 0. The van der Waals surface area contributed by atoms with Gasteiger partial charge in [0.2, 0.25) is 0 Å². The third kappa shape index (κ3) is 3.38. The fourth-order valence-electron chi connectivity index (χ4n) is 2.75. The Bertz CT molecular complexity index is 820. The second-order valence-corrected chi connectivity index (χ2v) is 5.89. The van der Waals surface area contributed by atoms with Gasteiger partial charge in [-0.2, -0.15) is 10.2 Å². The Balaban J connectivity index is 1.67. The van der Waals surface area contributed by atoms with E-state index in [0.29, 0.717) is 17.8 Å². The molecule has 1 atom stereocenters. The topological polar surface area (TPSA) is 58.5 Å². The van der Waals surface area contributed by atoms with Crippen molar-refractivity contribution < 1.29 is 4.39 Å². The monoisotopic (exact) mass is 327 g/mol. The van der Waals surface area contributed by atoms with Crippen LogP contribution in [0.3, 0.4) is 0 Å². The summed E-state index contributed by atoms with van der Waals surface area (Å²) in [5.41, 5.74) is 4.26. The van der Waals surface area contributed by atoms with Crippen LogP contribution < -0.4 is 5.32 Å². The highest BCUT2D eigenvalue weighted by atomic mass is 19.1. The Kier molecular flexibility index (Phi) is 4.76. The van der Waals surface area contributed by atoms with Crippen LogP contribution in [0.15, 0.2) is 36.5 Å². The van der Waals surface area contributed by atoms with Crippen molar-refractivity contribution >= 4 is 0 Å². The summed E-state index contributed by atoms with van der Waals surface area (Å²) in [6.07, 6.45) is 2.07. The lowest BCUT2D eigenvalue weighted by Crippen LogP contribution is -2.18. The maximum atomic E-state index is 13.8. The number of hydrogen-bond acceptors (Lipinski definition) is 3. The molecule has 2 heterocycles. The number of rotatable bonds is 6. The number of nitrogens with one attached hydrogen (secondary N) is 2. The second-order valence-electron chi connectivity index (χ2n) is 5.89. The van der Waals surface area contributed by atoms with Crippen LogP contribution in [0.4, 0.5) is 4.39 Å². The molecule has 5 nitrogen and oxygen atoms in total. The van der Waals surface area contributed by atoms with Gasteiger partial charge in [-0.3, -0.25) is 9.78 Å². The summed E-state index contributed by atoms with van der Waals surface area (Å²) in [5, 5.41) is 15.1. The molecule has 3 aromatic rings. The van der Waals surface area contributed by atoms with Gasteiger partial charge >= 0.3 is 0 Å². The van der Waals surface area contributed by atoms with Crippen LogP contribution in [-0.2, 0) is 13.1 Å². The summed E-state index contributed by atoms with van der Waals surface area (Å²) in [7, 11) is 0. The largest absolute Gasteiger partial charge is 0.304 e. The predicted molar refractivity (Wildman–Crippen MR) is 91.9 cm³/mol. The number of aromatic amines is 1. The Labute approximate surface area is 140 Å². The first-order chi connectivity index (χ1) is 11.6. The molecule has 2 aromatic heterocycles. The molecule has 0 bridgehead atoms. The molecule has 0 saturated heterocycles. The van der Waals surface area contributed by atoms with Crippen LogP contribution in [0.5, 0.6) is 0 Å². The summed E-state index contributed by atoms with van der Waals surface area (Å²) in [4.78, 5) is 0. The molecule has 24 heavy (non-hydrogen) atoms. The van der Waals surface area contributed by atoms with Crippen molar-refractivity contribution in [2.24, 2.45) is 0 Å². The van der Waals surface area contributed by atoms with Gasteiger partial charge in [-0.1, -0.05) is 12.1 Å². The van der Waals surface area contributed by atoms with Crippen molar-refractivity contribution in [3.8, 4) is 11.3 Å². The lowest BCUT2D eigenvalue weighted by Gasteiger charge is -2.12. The van der Waals surface area contributed by atoms with Crippen LogP contribution in [0.1, 0.15) is 36.8 Å². The molecule has 0 saturated carbocycles. The Morgan fingerprint density at radius 1 is 1.33 bits per heavy atom. The fraction of sp³-hybridized carbons (Fsp3) is 0.333. The summed E-state index contributed by atoms with van der Waals surface area (Å²) in [6, 6.07) is 8.70. The van der Waals surface area contributed by atoms with Crippen LogP contribution in [-0.4, -0.2) is 20.0 Å². The zero-order valence-corrected chi connectivity index (χ0v) is 14.2. The highest BCUT2D eigenvalue weighted by molar-refractivity contribution is 5.59. The average Bonchev–Trinajstić information content (AvgIpc) is 3.19. The first-order valence-corrected chi connectivity index (χ1v) is 8.15. The zero-order chi connectivity index (χ0) is 17.1. The molecule has 2 N–H and O–H groups in total. The molecule has 0 aliphatic rings. The summed E-state index contributed by atoms with van der Waals surface area (Å²) in [6.45, 7) is 7.69. The van der Waals surface area contributed by atoms with Gasteiger partial charge in [-0.25, -0.2) is 4.39 Å². The number of aryl methyl sites for hydroxylation is 2.